The molecule has 1 saturated carbocycles. The third kappa shape index (κ3) is 1.83. The van der Waals surface area contributed by atoms with E-state index < -0.39 is 0 Å². The zero-order valence-corrected chi connectivity index (χ0v) is 11.3. The third-order valence-electron chi connectivity index (χ3n) is 4.00. The quantitative estimate of drug-likeness (QED) is 0.799. The second kappa shape index (κ2) is 4.32. The fourth-order valence-electron chi connectivity index (χ4n) is 2.75. The fraction of sp³-hybridized carbons (Fsp3) is 0.833. The van der Waals surface area contributed by atoms with E-state index in [-0.39, 0.29) is 0 Å². The first kappa shape index (κ1) is 11.8. The maximum Gasteiger partial charge on any atom is 0.195 e. The zero-order chi connectivity index (χ0) is 11.9. The molecule has 3 unspecified atom stereocenters. The van der Waals surface area contributed by atoms with Gasteiger partial charge < -0.3 is 4.57 Å². The molecular weight excluding hydrogens is 218 g/mol. The minimum Gasteiger partial charge on any atom is -0.301 e. The predicted molar refractivity (Wildman–Crippen MR) is 68.1 cm³/mol. The van der Waals surface area contributed by atoms with Crippen molar-refractivity contribution < 1.29 is 0 Å². The molecule has 0 spiro atoms. The van der Waals surface area contributed by atoms with E-state index in [4.69, 9.17) is 12.2 Å². The van der Waals surface area contributed by atoms with Crippen LogP contribution in [0.3, 0.4) is 0 Å². The molecule has 2 rings (SSSR count). The molecule has 1 aliphatic rings. The van der Waals surface area contributed by atoms with Crippen LogP contribution in [0.4, 0.5) is 0 Å². The van der Waals surface area contributed by atoms with E-state index in [9.17, 15) is 0 Å². The second-order valence-electron chi connectivity index (χ2n) is 5.39. The van der Waals surface area contributed by atoms with Crippen LogP contribution in [0, 0.1) is 16.6 Å². The van der Waals surface area contributed by atoms with Crippen molar-refractivity contribution in [3.63, 3.8) is 0 Å². The number of hydrogen-bond acceptors (Lipinski definition) is 2. The van der Waals surface area contributed by atoms with Gasteiger partial charge in [-0.2, -0.15) is 5.10 Å². The summed E-state index contributed by atoms with van der Waals surface area (Å²) in [4.78, 5) is 0. The molecule has 1 aromatic rings. The summed E-state index contributed by atoms with van der Waals surface area (Å²) >= 11 is 5.37. The summed E-state index contributed by atoms with van der Waals surface area (Å²) < 4.78 is 3.04. The SMILES string of the molecule is CC(C)c1n[nH]c(=S)n1C1CCC(C)C1C. The lowest BCUT2D eigenvalue weighted by molar-refractivity contribution is 0.340. The lowest BCUT2D eigenvalue weighted by atomic mass is 9.97. The highest BCUT2D eigenvalue weighted by molar-refractivity contribution is 7.71. The normalized spacial score (nSPS) is 30.2. The second-order valence-corrected chi connectivity index (χ2v) is 5.78. The van der Waals surface area contributed by atoms with Crippen molar-refractivity contribution in [2.24, 2.45) is 11.8 Å². The minimum absolute atomic E-state index is 0.427. The summed E-state index contributed by atoms with van der Waals surface area (Å²) in [5, 5.41) is 7.31. The average Bonchev–Trinajstić information content (AvgIpc) is 2.73. The van der Waals surface area contributed by atoms with Gasteiger partial charge in [0.1, 0.15) is 5.82 Å². The molecule has 1 heterocycles. The van der Waals surface area contributed by atoms with E-state index in [1.165, 1.54) is 12.8 Å². The zero-order valence-electron chi connectivity index (χ0n) is 10.5. The van der Waals surface area contributed by atoms with Crippen molar-refractivity contribution in [1.29, 1.82) is 0 Å². The van der Waals surface area contributed by atoms with Crippen LogP contribution < -0.4 is 0 Å². The maximum atomic E-state index is 5.37. The first-order chi connectivity index (χ1) is 7.52. The van der Waals surface area contributed by atoms with Gasteiger partial charge in [0.15, 0.2) is 4.77 Å². The van der Waals surface area contributed by atoms with Crippen LogP contribution in [-0.2, 0) is 0 Å². The fourth-order valence-corrected chi connectivity index (χ4v) is 3.02. The number of nitrogens with one attached hydrogen (secondary N) is 1. The van der Waals surface area contributed by atoms with Gasteiger partial charge in [-0.15, -0.1) is 0 Å². The molecule has 0 bridgehead atoms. The molecule has 0 aromatic carbocycles. The molecule has 16 heavy (non-hydrogen) atoms. The van der Waals surface area contributed by atoms with E-state index in [1.807, 2.05) is 0 Å². The van der Waals surface area contributed by atoms with Gasteiger partial charge in [-0.25, -0.2) is 0 Å². The van der Waals surface area contributed by atoms with Gasteiger partial charge in [0.25, 0.3) is 0 Å². The number of nitrogens with zero attached hydrogens (tertiary/aromatic N) is 2. The predicted octanol–water partition coefficient (Wildman–Crippen LogP) is 3.67. The topological polar surface area (TPSA) is 33.6 Å². The third-order valence-corrected chi connectivity index (χ3v) is 4.29. The highest BCUT2D eigenvalue weighted by Gasteiger charge is 2.33. The molecule has 1 aliphatic carbocycles. The summed E-state index contributed by atoms with van der Waals surface area (Å²) in [7, 11) is 0. The number of aromatic nitrogens is 3. The molecule has 90 valence electrons. The van der Waals surface area contributed by atoms with Crippen LogP contribution >= 0.6 is 12.2 Å². The molecule has 0 amide bonds. The van der Waals surface area contributed by atoms with Crippen LogP contribution in [0.25, 0.3) is 0 Å². The Labute approximate surface area is 102 Å². The van der Waals surface area contributed by atoms with Crippen molar-refractivity contribution in [2.45, 2.75) is 52.5 Å². The van der Waals surface area contributed by atoms with Gasteiger partial charge in [-0.3, -0.25) is 5.10 Å². The average molecular weight is 239 g/mol. The van der Waals surface area contributed by atoms with Crippen LogP contribution in [0.1, 0.15) is 58.3 Å². The largest absolute Gasteiger partial charge is 0.301 e. The molecule has 4 heteroatoms. The van der Waals surface area contributed by atoms with Crippen molar-refractivity contribution in [1.82, 2.24) is 14.8 Å². The summed E-state index contributed by atoms with van der Waals surface area (Å²) in [6.07, 6.45) is 2.53. The van der Waals surface area contributed by atoms with Crippen molar-refractivity contribution in [3.05, 3.63) is 10.6 Å². The van der Waals surface area contributed by atoms with Gasteiger partial charge in [0.05, 0.1) is 0 Å². The summed E-state index contributed by atoms with van der Waals surface area (Å²) in [5.41, 5.74) is 0. The van der Waals surface area contributed by atoms with Crippen molar-refractivity contribution >= 4 is 12.2 Å². The summed E-state index contributed by atoms with van der Waals surface area (Å²) in [6.45, 7) is 9.01. The van der Waals surface area contributed by atoms with Crippen LogP contribution in [0.15, 0.2) is 0 Å². The van der Waals surface area contributed by atoms with Crippen molar-refractivity contribution in [2.75, 3.05) is 0 Å². The number of H-pyrrole nitrogens is 1. The molecule has 1 N–H and O–H groups in total. The summed E-state index contributed by atoms with van der Waals surface area (Å²) in [5.74, 6) is 3.02. The molecule has 1 fully saturated rings. The van der Waals surface area contributed by atoms with Gasteiger partial charge in [-0.05, 0) is 36.9 Å². The molecule has 3 atom stereocenters. The highest BCUT2D eigenvalue weighted by atomic mass is 32.1. The Morgan fingerprint density at radius 2 is 2.06 bits per heavy atom. The lowest BCUT2D eigenvalue weighted by Crippen LogP contribution is -2.17. The first-order valence-electron chi connectivity index (χ1n) is 6.19. The molecule has 0 saturated heterocycles. The Morgan fingerprint density at radius 1 is 1.38 bits per heavy atom. The van der Waals surface area contributed by atoms with Gasteiger partial charge in [0, 0.05) is 12.0 Å². The van der Waals surface area contributed by atoms with Gasteiger partial charge in [0.2, 0.25) is 0 Å². The van der Waals surface area contributed by atoms with E-state index in [2.05, 4.69) is 42.5 Å². The van der Waals surface area contributed by atoms with E-state index >= 15 is 0 Å². The lowest BCUT2D eigenvalue weighted by Gasteiger charge is -2.22. The molecule has 0 aliphatic heterocycles. The van der Waals surface area contributed by atoms with E-state index in [0.29, 0.717) is 17.9 Å². The Kier molecular flexibility index (Phi) is 3.19. The smallest absolute Gasteiger partial charge is 0.195 e. The number of aromatic amines is 1. The molecule has 3 nitrogen and oxygen atoms in total. The Bertz CT molecular complexity index is 418. The van der Waals surface area contributed by atoms with Crippen LogP contribution in [-0.4, -0.2) is 14.8 Å². The molecule has 1 aromatic heterocycles. The van der Waals surface area contributed by atoms with Crippen molar-refractivity contribution in [3.8, 4) is 0 Å². The Balaban J connectivity index is 2.40. The Morgan fingerprint density at radius 3 is 2.56 bits per heavy atom. The van der Waals surface area contributed by atoms with E-state index in [0.717, 1.165) is 16.5 Å². The molecule has 0 radical (unpaired) electrons. The summed E-state index contributed by atoms with van der Waals surface area (Å²) in [6, 6.07) is 0.540. The van der Waals surface area contributed by atoms with E-state index in [1.54, 1.807) is 0 Å². The van der Waals surface area contributed by atoms with Gasteiger partial charge >= 0.3 is 0 Å². The maximum absolute atomic E-state index is 5.37. The standard InChI is InChI=1S/C12H21N3S/c1-7(2)11-13-14-12(16)15(11)10-6-5-8(3)9(10)4/h7-10H,5-6H2,1-4H3,(H,14,16). The van der Waals surface area contributed by atoms with Crippen LogP contribution in [0.5, 0.6) is 0 Å². The van der Waals surface area contributed by atoms with Crippen LogP contribution in [0.2, 0.25) is 0 Å². The first-order valence-corrected chi connectivity index (χ1v) is 6.60. The monoisotopic (exact) mass is 239 g/mol. The van der Waals surface area contributed by atoms with Gasteiger partial charge in [-0.1, -0.05) is 27.7 Å². The highest BCUT2D eigenvalue weighted by Crippen LogP contribution is 2.40. The number of hydrogen-bond donors (Lipinski definition) is 1. The minimum atomic E-state index is 0.427. The Hall–Kier alpha value is -0.640. The molecular formula is C12H21N3S. The number of rotatable bonds is 2.